The molecule has 186 valence electrons. The standard InChI is InChI=1S/C25H32O9/c1-7-25(5,6)23(28)29-12-15(26)30-18-16-17(31-20(18)27)19-22(32-16)34-21(33-19)13-8-10-14(11-9-13)24(2,3)4/h8-11,16-19,21-22H,7,12H2,1-6H3. The minimum absolute atomic E-state index is 0.0256. The molecule has 6 atom stereocenters. The molecule has 1 aromatic rings. The van der Waals surface area contributed by atoms with E-state index in [-0.39, 0.29) is 5.41 Å². The SMILES string of the molecule is CCC(C)(C)C(=O)OCC(=O)OC1C(=O)OC2C3OC(c4ccc(C(C)(C)C)cc4)OC3OC12. The van der Waals surface area contributed by atoms with Gasteiger partial charge < -0.3 is 28.4 Å². The Hall–Kier alpha value is -2.49. The summed E-state index contributed by atoms with van der Waals surface area (Å²) in [5.74, 6) is -2.11. The lowest BCUT2D eigenvalue weighted by molar-refractivity contribution is -0.187. The molecular weight excluding hydrogens is 444 g/mol. The lowest BCUT2D eigenvalue weighted by atomic mass is 9.87. The molecule has 9 nitrogen and oxygen atoms in total. The highest BCUT2D eigenvalue weighted by atomic mass is 16.8. The van der Waals surface area contributed by atoms with Crippen LogP contribution in [0.25, 0.3) is 0 Å². The molecule has 0 aliphatic carbocycles. The zero-order valence-electron chi connectivity index (χ0n) is 20.4. The summed E-state index contributed by atoms with van der Waals surface area (Å²) in [7, 11) is 0. The number of esters is 3. The van der Waals surface area contributed by atoms with Crippen LogP contribution < -0.4 is 0 Å². The van der Waals surface area contributed by atoms with E-state index in [1.54, 1.807) is 13.8 Å². The van der Waals surface area contributed by atoms with Crippen molar-refractivity contribution in [3.8, 4) is 0 Å². The fourth-order valence-corrected chi connectivity index (χ4v) is 3.96. The molecule has 3 saturated heterocycles. The van der Waals surface area contributed by atoms with Crippen molar-refractivity contribution in [2.45, 2.75) is 90.4 Å². The van der Waals surface area contributed by atoms with Gasteiger partial charge in [0.15, 0.2) is 31.4 Å². The second kappa shape index (κ2) is 8.94. The highest BCUT2D eigenvalue weighted by Gasteiger charge is 2.63. The topological polar surface area (TPSA) is 107 Å². The molecule has 0 aromatic heterocycles. The first kappa shape index (κ1) is 24.6. The van der Waals surface area contributed by atoms with Gasteiger partial charge >= 0.3 is 17.9 Å². The van der Waals surface area contributed by atoms with Crippen molar-refractivity contribution in [2.24, 2.45) is 5.41 Å². The number of benzene rings is 1. The first-order valence-electron chi connectivity index (χ1n) is 11.5. The van der Waals surface area contributed by atoms with Gasteiger partial charge in [-0.2, -0.15) is 0 Å². The lowest BCUT2D eigenvalue weighted by Gasteiger charge is -2.21. The van der Waals surface area contributed by atoms with Crippen LogP contribution in [0.15, 0.2) is 24.3 Å². The molecule has 3 fully saturated rings. The van der Waals surface area contributed by atoms with Gasteiger partial charge in [-0.15, -0.1) is 0 Å². The number of fused-ring (bicyclic) bond motifs is 3. The lowest BCUT2D eigenvalue weighted by Crippen LogP contribution is -2.37. The van der Waals surface area contributed by atoms with Crippen molar-refractivity contribution >= 4 is 17.9 Å². The summed E-state index contributed by atoms with van der Waals surface area (Å²) >= 11 is 0. The average molecular weight is 477 g/mol. The van der Waals surface area contributed by atoms with E-state index >= 15 is 0 Å². The molecule has 9 heteroatoms. The Morgan fingerprint density at radius 2 is 1.62 bits per heavy atom. The predicted molar refractivity (Wildman–Crippen MR) is 117 cm³/mol. The van der Waals surface area contributed by atoms with Gasteiger partial charge in [0, 0.05) is 5.56 Å². The Morgan fingerprint density at radius 1 is 0.941 bits per heavy atom. The third-order valence-electron chi connectivity index (χ3n) is 6.59. The number of ether oxygens (including phenoxy) is 6. The van der Waals surface area contributed by atoms with E-state index in [2.05, 4.69) is 20.8 Å². The molecule has 1 aromatic carbocycles. The largest absolute Gasteiger partial charge is 0.454 e. The molecule has 3 aliphatic rings. The molecule has 34 heavy (non-hydrogen) atoms. The van der Waals surface area contributed by atoms with Gasteiger partial charge in [-0.05, 0) is 31.2 Å². The predicted octanol–water partition coefficient (Wildman–Crippen LogP) is 2.94. The summed E-state index contributed by atoms with van der Waals surface area (Å²) < 4.78 is 33.4. The number of rotatable bonds is 6. The maximum Gasteiger partial charge on any atom is 0.350 e. The highest BCUT2D eigenvalue weighted by molar-refractivity contribution is 5.84. The molecule has 6 unspecified atom stereocenters. The summed E-state index contributed by atoms with van der Waals surface area (Å²) in [6.07, 6.45) is -4.43. The molecule has 0 bridgehead atoms. The zero-order valence-corrected chi connectivity index (χ0v) is 20.4. The third kappa shape index (κ3) is 4.69. The molecule has 0 spiro atoms. The Balaban J connectivity index is 1.33. The first-order valence-corrected chi connectivity index (χ1v) is 11.5. The van der Waals surface area contributed by atoms with Crippen molar-refractivity contribution in [3.63, 3.8) is 0 Å². The Kier molecular flexibility index (Phi) is 6.48. The number of carbonyl (C=O) groups is 3. The summed E-state index contributed by atoms with van der Waals surface area (Å²) in [5.41, 5.74) is 1.32. The van der Waals surface area contributed by atoms with Gasteiger partial charge in [0.2, 0.25) is 6.10 Å². The summed E-state index contributed by atoms with van der Waals surface area (Å²) in [5, 5.41) is 0. The second-order valence-electron chi connectivity index (χ2n) is 10.5. The van der Waals surface area contributed by atoms with Crippen LogP contribution in [-0.2, 0) is 48.2 Å². The monoisotopic (exact) mass is 476 g/mol. The van der Waals surface area contributed by atoms with Crippen molar-refractivity contribution < 1.29 is 42.8 Å². The van der Waals surface area contributed by atoms with E-state index in [0.717, 1.165) is 5.56 Å². The van der Waals surface area contributed by atoms with Crippen molar-refractivity contribution in [1.82, 2.24) is 0 Å². The van der Waals surface area contributed by atoms with E-state index in [1.165, 1.54) is 5.56 Å². The molecule has 0 radical (unpaired) electrons. The van der Waals surface area contributed by atoms with Crippen molar-refractivity contribution in [2.75, 3.05) is 6.61 Å². The maximum atomic E-state index is 12.4. The van der Waals surface area contributed by atoms with Gasteiger partial charge in [0.05, 0.1) is 5.41 Å². The number of hydrogen-bond acceptors (Lipinski definition) is 9. The van der Waals surface area contributed by atoms with Gasteiger partial charge in [-0.25, -0.2) is 9.59 Å². The van der Waals surface area contributed by atoms with Crippen molar-refractivity contribution in [1.29, 1.82) is 0 Å². The van der Waals surface area contributed by atoms with Crippen LogP contribution in [-0.4, -0.2) is 55.2 Å². The average Bonchev–Trinajstić information content (AvgIpc) is 3.42. The van der Waals surface area contributed by atoms with E-state index in [0.29, 0.717) is 6.42 Å². The number of hydrogen-bond donors (Lipinski definition) is 0. The van der Waals surface area contributed by atoms with Crippen LogP contribution in [0.1, 0.15) is 65.4 Å². The van der Waals surface area contributed by atoms with Crippen molar-refractivity contribution in [3.05, 3.63) is 35.4 Å². The number of carbonyl (C=O) groups excluding carboxylic acids is 3. The van der Waals surface area contributed by atoms with Crippen LogP contribution in [0, 0.1) is 5.41 Å². The summed E-state index contributed by atoms with van der Waals surface area (Å²) in [6.45, 7) is 11.1. The fourth-order valence-electron chi connectivity index (χ4n) is 3.96. The minimum atomic E-state index is -1.28. The minimum Gasteiger partial charge on any atom is -0.454 e. The van der Waals surface area contributed by atoms with E-state index in [9.17, 15) is 14.4 Å². The second-order valence-corrected chi connectivity index (χ2v) is 10.5. The van der Waals surface area contributed by atoms with Gasteiger partial charge in [0.25, 0.3) is 0 Å². The quantitative estimate of drug-likeness (QED) is 0.452. The van der Waals surface area contributed by atoms with E-state index < -0.39 is 66.9 Å². The van der Waals surface area contributed by atoms with Crippen LogP contribution >= 0.6 is 0 Å². The molecule has 0 saturated carbocycles. The van der Waals surface area contributed by atoms with Crippen LogP contribution in [0.4, 0.5) is 0 Å². The Bertz CT molecular complexity index is 946. The van der Waals surface area contributed by atoms with Crippen LogP contribution in [0.2, 0.25) is 0 Å². The van der Waals surface area contributed by atoms with Crippen LogP contribution in [0.3, 0.4) is 0 Å². The smallest absolute Gasteiger partial charge is 0.350 e. The first-order chi connectivity index (χ1) is 15.9. The van der Waals surface area contributed by atoms with E-state index in [1.807, 2.05) is 31.2 Å². The molecule has 0 amide bonds. The molecule has 3 aliphatic heterocycles. The van der Waals surface area contributed by atoms with Crippen LogP contribution in [0.5, 0.6) is 0 Å². The molecule has 3 heterocycles. The third-order valence-corrected chi connectivity index (χ3v) is 6.59. The highest BCUT2D eigenvalue weighted by Crippen LogP contribution is 2.44. The molecular formula is C25H32O9. The Morgan fingerprint density at radius 3 is 2.24 bits per heavy atom. The van der Waals surface area contributed by atoms with E-state index in [4.69, 9.17) is 28.4 Å². The van der Waals surface area contributed by atoms with Gasteiger partial charge in [-0.3, -0.25) is 4.79 Å². The maximum absolute atomic E-state index is 12.4. The fraction of sp³-hybridized carbons (Fsp3) is 0.640. The molecule has 4 rings (SSSR count). The zero-order chi connectivity index (χ0) is 24.8. The van der Waals surface area contributed by atoms with Gasteiger partial charge in [-0.1, -0.05) is 52.0 Å². The summed E-state index contributed by atoms with van der Waals surface area (Å²) in [4.78, 5) is 36.6. The normalized spacial score (nSPS) is 30.5. The Labute approximate surface area is 199 Å². The summed E-state index contributed by atoms with van der Waals surface area (Å²) in [6, 6.07) is 7.94. The van der Waals surface area contributed by atoms with Gasteiger partial charge in [0.1, 0.15) is 6.10 Å². The molecule has 0 N–H and O–H groups in total.